The minimum Gasteiger partial charge on any atom is -0.409 e. The number of nitrogens with two attached hydrogens (primary N) is 1. The summed E-state index contributed by atoms with van der Waals surface area (Å²) in [5.41, 5.74) is 7.96. The summed E-state index contributed by atoms with van der Waals surface area (Å²) in [5, 5.41) is 15.7. The number of benzene rings is 1. The van der Waals surface area contributed by atoms with E-state index in [1.807, 2.05) is 12.1 Å². The molecule has 0 amide bonds. The summed E-state index contributed by atoms with van der Waals surface area (Å²) in [6.45, 7) is 11.0. The van der Waals surface area contributed by atoms with Crippen LogP contribution in [0.25, 0.3) is 0 Å². The summed E-state index contributed by atoms with van der Waals surface area (Å²) in [5.74, 6) is 0.748. The van der Waals surface area contributed by atoms with Gasteiger partial charge in [-0.25, -0.2) is 0 Å². The van der Waals surface area contributed by atoms with Gasteiger partial charge in [-0.05, 0) is 34.9 Å². The van der Waals surface area contributed by atoms with Gasteiger partial charge in [-0.2, -0.15) is 0 Å². The van der Waals surface area contributed by atoms with Crippen LogP contribution < -0.4 is 11.1 Å². The van der Waals surface area contributed by atoms with E-state index < -0.39 is 0 Å². The fourth-order valence-corrected chi connectivity index (χ4v) is 3.35. The lowest BCUT2D eigenvalue weighted by molar-refractivity contribution is 0.318. The fraction of sp³-hybridized carbons (Fsp3) is 0.562. The number of hydrogen-bond donors (Lipinski definition) is 3. The predicted octanol–water partition coefficient (Wildman–Crippen LogP) is 3.21. The van der Waals surface area contributed by atoms with Crippen molar-refractivity contribution in [3.8, 4) is 0 Å². The Labute approximate surface area is 131 Å². The van der Waals surface area contributed by atoms with Crippen LogP contribution in [-0.4, -0.2) is 17.6 Å². The van der Waals surface area contributed by atoms with Gasteiger partial charge in [0.15, 0.2) is 5.84 Å². The first kappa shape index (κ1) is 16.1. The van der Waals surface area contributed by atoms with Gasteiger partial charge in [0.25, 0.3) is 0 Å². The van der Waals surface area contributed by atoms with Crippen LogP contribution in [0.2, 0.25) is 5.02 Å². The van der Waals surface area contributed by atoms with Crippen LogP contribution in [0, 0.1) is 16.7 Å². The molecule has 21 heavy (non-hydrogen) atoms. The van der Waals surface area contributed by atoms with Gasteiger partial charge in [0.05, 0.1) is 0 Å². The lowest BCUT2D eigenvalue weighted by Crippen LogP contribution is -2.19. The van der Waals surface area contributed by atoms with Crippen molar-refractivity contribution >= 4 is 17.4 Å². The van der Waals surface area contributed by atoms with Crippen LogP contribution in [0.15, 0.2) is 23.4 Å². The summed E-state index contributed by atoms with van der Waals surface area (Å²) in [6.07, 6.45) is 0. The normalized spacial score (nSPS) is 20.5. The van der Waals surface area contributed by atoms with Crippen molar-refractivity contribution in [3.05, 3.63) is 34.3 Å². The second kappa shape index (κ2) is 5.50. The molecule has 0 heterocycles. The summed E-state index contributed by atoms with van der Waals surface area (Å²) in [7, 11) is 0. The molecular formula is C16H24ClN3O. The number of amidine groups is 1. The Morgan fingerprint density at radius 3 is 2.43 bits per heavy atom. The molecule has 1 aromatic carbocycles. The molecule has 1 aromatic rings. The van der Waals surface area contributed by atoms with Gasteiger partial charge in [-0.15, -0.1) is 0 Å². The Hall–Kier alpha value is -1.26. The number of hydrogen-bond acceptors (Lipinski definition) is 3. The van der Waals surface area contributed by atoms with Gasteiger partial charge in [-0.1, -0.05) is 56.6 Å². The molecule has 116 valence electrons. The molecule has 1 aliphatic rings. The van der Waals surface area contributed by atoms with E-state index in [0.29, 0.717) is 27.3 Å². The van der Waals surface area contributed by atoms with E-state index in [4.69, 9.17) is 22.5 Å². The van der Waals surface area contributed by atoms with Crippen molar-refractivity contribution < 1.29 is 5.21 Å². The molecule has 5 heteroatoms. The van der Waals surface area contributed by atoms with Crippen LogP contribution in [0.3, 0.4) is 0 Å². The van der Waals surface area contributed by atoms with Gasteiger partial charge in [0.1, 0.15) is 0 Å². The molecule has 1 fully saturated rings. The van der Waals surface area contributed by atoms with E-state index in [2.05, 4.69) is 38.2 Å². The molecule has 0 atom stereocenters. The van der Waals surface area contributed by atoms with Crippen molar-refractivity contribution in [3.63, 3.8) is 0 Å². The summed E-state index contributed by atoms with van der Waals surface area (Å²) in [6, 6.07) is 5.44. The number of nitrogens with one attached hydrogen (secondary N) is 1. The molecule has 0 spiro atoms. The third kappa shape index (κ3) is 2.87. The highest BCUT2D eigenvalue weighted by atomic mass is 35.5. The Balaban J connectivity index is 1.93. The molecule has 0 aliphatic heterocycles. The second-order valence-electron chi connectivity index (χ2n) is 6.92. The minimum atomic E-state index is 0.0675. The molecule has 0 aromatic heterocycles. The third-order valence-electron chi connectivity index (χ3n) is 5.44. The SMILES string of the molecule is CC1(C)C(CNCc2ccc(/C(N)=N/O)cc2Cl)C1(C)C. The van der Waals surface area contributed by atoms with Crippen molar-refractivity contribution in [1.29, 1.82) is 0 Å². The van der Waals surface area contributed by atoms with Crippen molar-refractivity contribution in [1.82, 2.24) is 5.32 Å². The van der Waals surface area contributed by atoms with Crippen LogP contribution in [-0.2, 0) is 6.54 Å². The monoisotopic (exact) mass is 309 g/mol. The molecule has 4 nitrogen and oxygen atoms in total. The maximum atomic E-state index is 8.66. The molecule has 1 saturated carbocycles. The van der Waals surface area contributed by atoms with E-state index in [1.54, 1.807) is 6.07 Å². The van der Waals surface area contributed by atoms with Gasteiger partial charge in [0, 0.05) is 17.1 Å². The van der Waals surface area contributed by atoms with E-state index in [1.165, 1.54) is 0 Å². The lowest BCUT2D eigenvalue weighted by atomic mass is 10.0. The first-order chi connectivity index (χ1) is 9.71. The third-order valence-corrected chi connectivity index (χ3v) is 5.79. The summed E-state index contributed by atoms with van der Waals surface area (Å²) >= 11 is 6.24. The summed E-state index contributed by atoms with van der Waals surface area (Å²) in [4.78, 5) is 0. The topological polar surface area (TPSA) is 70.6 Å². The Morgan fingerprint density at radius 1 is 1.33 bits per heavy atom. The molecule has 2 rings (SSSR count). The number of rotatable bonds is 5. The van der Waals surface area contributed by atoms with Crippen molar-refractivity contribution in [2.45, 2.75) is 34.2 Å². The zero-order chi connectivity index (χ0) is 15.8. The van der Waals surface area contributed by atoms with Gasteiger partial charge >= 0.3 is 0 Å². The first-order valence-electron chi connectivity index (χ1n) is 7.19. The van der Waals surface area contributed by atoms with Crippen LogP contribution in [0.5, 0.6) is 0 Å². The lowest BCUT2D eigenvalue weighted by Gasteiger charge is -2.09. The predicted molar refractivity (Wildman–Crippen MR) is 86.7 cm³/mol. The zero-order valence-electron chi connectivity index (χ0n) is 13.1. The minimum absolute atomic E-state index is 0.0675. The van der Waals surface area contributed by atoms with E-state index in [-0.39, 0.29) is 5.84 Å². The molecular weight excluding hydrogens is 286 g/mol. The fourth-order valence-electron chi connectivity index (χ4n) is 3.10. The maximum Gasteiger partial charge on any atom is 0.170 e. The Bertz CT molecular complexity index is 553. The maximum absolute atomic E-state index is 8.66. The molecule has 0 unspecified atom stereocenters. The first-order valence-corrected chi connectivity index (χ1v) is 7.56. The Kier molecular flexibility index (Phi) is 4.22. The molecule has 4 N–H and O–H groups in total. The van der Waals surface area contributed by atoms with E-state index in [9.17, 15) is 0 Å². The van der Waals surface area contributed by atoms with Crippen LogP contribution >= 0.6 is 11.6 Å². The van der Waals surface area contributed by atoms with E-state index >= 15 is 0 Å². The van der Waals surface area contributed by atoms with Gasteiger partial charge in [0.2, 0.25) is 0 Å². The van der Waals surface area contributed by atoms with Crippen molar-refractivity contribution in [2.24, 2.45) is 27.6 Å². The quantitative estimate of drug-likeness (QED) is 0.338. The highest BCUT2D eigenvalue weighted by Gasteiger charge is 2.63. The summed E-state index contributed by atoms with van der Waals surface area (Å²) < 4.78 is 0. The second-order valence-corrected chi connectivity index (χ2v) is 7.33. The number of nitrogens with zero attached hydrogens (tertiary/aromatic N) is 1. The van der Waals surface area contributed by atoms with Crippen LogP contribution in [0.1, 0.15) is 38.8 Å². The van der Waals surface area contributed by atoms with Crippen molar-refractivity contribution in [2.75, 3.05) is 6.54 Å². The number of halogens is 1. The average molecular weight is 310 g/mol. The van der Waals surface area contributed by atoms with Gasteiger partial charge < -0.3 is 16.3 Å². The van der Waals surface area contributed by atoms with Crippen LogP contribution in [0.4, 0.5) is 0 Å². The largest absolute Gasteiger partial charge is 0.409 e. The Morgan fingerprint density at radius 2 is 1.95 bits per heavy atom. The van der Waals surface area contributed by atoms with Gasteiger partial charge in [-0.3, -0.25) is 0 Å². The molecule has 0 bridgehead atoms. The highest BCUT2D eigenvalue weighted by Crippen LogP contribution is 2.67. The standard InChI is InChI=1S/C16H24ClN3O/c1-15(2)13(16(15,3)4)9-19-8-11-6-5-10(7-12(11)17)14(18)20-21/h5-7,13,19,21H,8-9H2,1-4H3,(H2,18,20). The average Bonchev–Trinajstić information content (AvgIpc) is 2.81. The molecule has 1 aliphatic carbocycles. The molecule has 0 radical (unpaired) electrons. The number of oxime groups is 1. The molecule has 0 saturated heterocycles. The smallest absolute Gasteiger partial charge is 0.170 e. The van der Waals surface area contributed by atoms with E-state index in [0.717, 1.165) is 18.7 Å². The zero-order valence-corrected chi connectivity index (χ0v) is 13.8. The highest BCUT2D eigenvalue weighted by molar-refractivity contribution is 6.31.